The summed E-state index contributed by atoms with van der Waals surface area (Å²) < 4.78 is 0. The summed E-state index contributed by atoms with van der Waals surface area (Å²) in [7, 11) is 0. The number of pyridine rings is 1. The van der Waals surface area contributed by atoms with E-state index in [-0.39, 0.29) is 5.69 Å². The summed E-state index contributed by atoms with van der Waals surface area (Å²) in [4.78, 5) is 16.5. The third kappa shape index (κ3) is 3.23. The van der Waals surface area contributed by atoms with Gasteiger partial charge in [-0.2, -0.15) is 0 Å². The second-order valence-corrected chi connectivity index (χ2v) is 4.41. The van der Waals surface area contributed by atoms with Crippen molar-refractivity contribution in [3.05, 3.63) is 58.4 Å². The van der Waals surface area contributed by atoms with E-state index in [4.69, 9.17) is 5.73 Å². The molecule has 0 saturated heterocycles. The van der Waals surface area contributed by atoms with Gasteiger partial charge in [-0.1, -0.05) is 0 Å². The SMILES string of the molecule is CCN(Cc1ccncc1)c1cc(N)cc([N+](=O)[O-])c1. The van der Waals surface area contributed by atoms with E-state index in [1.807, 2.05) is 24.0 Å². The number of hydrogen-bond acceptors (Lipinski definition) is 5. The highest BCUT2D eigenvalue weighted by Gasteiger charge is 2.12. The number of hydrogen-bond donors (Lipinski definition) is 1. The van der Waals surface area contributed by atoms with Gasteiger partial charge in [-0.25, -0.2) is 0 Å². The first-order valence-corrected chi connectivity index (χ1v) is 6.29. The Labute approximate surface area is 117 Å². The summed E-state index contributed by atoms with van der Waals surface area (Å²) in [6.07, 6.45) is 3.45. The Bertz CT molecular complexity index is 601. The Kier molecular flexibility index (Phi) is 4.14. The average Bonchev–Trinajstić information content (AvgIpc) is 2.45. The molecular weight excluding hydrogens is 256 g/mol. The smallest absolute Gasteiger partial charge is 0.273 e. The van der Waals surface area contributed by atoms with E-state index in [1.54, 1.807) is 24.5 Å². The van der Waals surface area contributed by atoms with E-state index in [0.29, 0.717) is 12.2 Å². The van der Waals surface area contributed by atoms with Gasteiger partial charge in [-0.15, -0.1) is 0 Å². The molecule has 0 radical (unpaired) electrons. The van der Waals surface area contributed by atoms with Crippen LogP contribution < -0.4 is 10.6 Å². The molecule has 6 heteroatoms. The summed E-state index contributed by atoms with van der Waals surface area (Å²) in [5.41, 5.74) is 7.98. The summed E-state index contributed by atoms with van der Waals surface area (Å²) in [5, 5.41) is 10.9. The highest BCUT2D eigenvalue weighted by molar-refractivity contribution is 5.62. The number of nitro benzene ring substituents is 1. The maximum Gasteiger partial charge on any atom is 0.273 e. The van der Waals surface area contributed by atoms with Gasteiger partial charge in [0, 0.05) is 49.0 Å². The van der Waals surface area contributed by atoms with Crippen LogP contribution in [-0.2, 0) is 6.54 Å². The van der Waals surface area contributed by atoms with Gasteiger partial charge < -0.3 is 10.6 Å². The number of rotatable bonds is 5. The van der Waals surface area contributed by atoms with Gasteiger partial charge in [-0.3, -0.25) is 15.1 Å². The standard InChI is InChI=1S/C14H16N4O2/c1-2-17(10-11-3-5-16-6-4-11)13-7-12(15)8-14(9-13)18(19)20/h3-9H,2,10,15H2,1H3. The fourth-order valence-corrected chi connectivity index (χ4v) is 2.00. The van der Waals surface area contributed by atoms with Crippen molar-refractivity contribution < 1.29 is 4.92 Å². The molecule has 1 aromatic carbocycles. The molecule has 2 N–H and O–H groups in total. The van der Waals surface area contributed by atoms with Crippen molar-refractivity contribution in [1.29, 1.82) is 0 Å². The second kappa shape index (κ2) is 6.01. The lowest BCUT2D eigenvalue weighted by atomic mass is 10.2. The molecule has 0 saturated carbocycles. The van der Waals surface area contributed by atoms with Gasteiger partial charge in [0.05, 0.1) is 4.92 Å². The van der Waals surface area contributed by atoms with Gasteiger partial charge >= 0.3 is 0 Å². The Morgan fingerprint density at radius 2 is 2.00 bits per heavy atom. The average molecular weight is 272 g/mol. The molecule has 6 nitrogen and oxygen atoms in total. The number of anilines is 2. The Morgan fingerprint density at radius 3 is 2.60 bits per heavy atom. The topological polar surface area (TPSA) is 85.3 Å². The molecule has 0 unspecified atom stereocenters. The molecule has 2 rings (SSSR count). The zero-order valence-electron chi connectivity index (χ0n) is 11.2. The van der Waals surface area contributed by atoms with Crippen molar-refractivity contribution in [3.8, 4) is 0 Å². The van der Waals surface area contributed by atoms with Gasteiger partial charge in [0.25, 0.3) is 5.69 Å². The number of nitrogens with zero attached hydrogens (tertiary/aromatic N) is 3. The number of benzene rings is 1. The molecule has 20 heavy (non-hydrogen) atoms. The van der Waals surface area contributed by atoms with Crippen molar-refractivity contribution in [2.24, 2.45) is 0 Å². The zero-order valence-corrected chi connectivity index (χ0v) is 11.2. The van der Waals surface area contributed by atoms with Crippen LogP contribution in [0.5, 0.6) is 0 Å². The van der Waals surface area contributed by atoms with Gasteiger partial charge in [0.1, 0.15) is 0 Å². The third-order valence-electron chi connectivity index (χ3n) is 3.01. The second-order valence-electron chi connectivity index (χ2n) is 4.41. The fourth-order valence-electron chi connectivity index (χ4n) is 2.00. The molecule has 0 fully saturated rings. The summed E-state index contributed by atoms with van der Waals surface area (Å²) in [6.45, 7) is 3.37. The Hall–Kier alpha value is -2.63. The number of nitro groups is 1. The van der Waals surface area contributed by atoms with Gasteiger partial charge in [0.2, 0.25) is 0 Å². The minimum Gasteiger partial charge on any atom is -0.398 e. The monoisotopic (exact) mass is 272 g/mol. The molecule has 2 aromatic rings. The van der Waals surface area contributed by atoms with Crippen LogP contribution in [0.3, 0.4) is 0 Å². The zero-order chi connectivity index (χ0) is 14.5. The fraction of sp³-hybridized carbons (Fsp3) is 0.214. The maximum atomic E-state index is 10.9. The van der Waals surface area contributed by atoms with Crippen LogP contribution in [0.2, 0.25) is 0 Å². The molecule has 0 aliphatic carbocycles. The van der Waals surface area contributed by atoms with E-state index in [2.05, 4.69) is 4.98 Å². The number of nitrogens with two attached hydrogens (primary N) is 1. The summed E-state index contributed by atoms with van der Waals surface area (Å²) >= 11 is 0. The molecule has 1 heterocycles. The van der Waals surface area contributed by atoms with Crippen molar-refractivity contribution in [1.82, 2.24) is 4.98 Å². The Morgan fingerprint density at radius 1 is 1.30 bits per heavy atom. The van der Waals surface area contributed by atoms with E-state index in [1.165, 1.54) is 6.07 Å². The van der Waals surface area contributed by atoms with Crippen molar-refractivity contribution in [2.45, 2.75) is 13.5 Å². The first-order valence-electron chi connectivity index (χ1n) is 6.29. The Balaban J connectivity index is 2.29. The minimum absolute atomic E-state index is 0.00757. The maximum absolute atomic E-state index is 10.9. The summed E-state index contributed by atoms with van der Waals surface area (Å²) in [6, 6.07) is 8.50. The van der Waals surface area contributed by atoms with E-state index >= 15 is 0 Å². The summed E-state index contributed by atoms with van der Waals surface area (Å²) in [5.74, 6) is 0. The molecule has 0 amide bonds. The molecule has 0 aliphatic heterocycles. The van der Waals surface area contributed by atoms with Crippen LogP contribution in [0.1, 0.15) is 12.5 Å². The molecule has 0 atom stereocenters. The van der Waals surface area contributed by atoms with Crippen LogP contribution in [0, 0.1) is 10.1 Å². The largest absolute Gasteiger partial charge is 0.398 e. The van der Waals surface area contributed by atoms with Crippen molar-refractivity contribution >= 4 is 17.1 Å². The highest BCUT2D eigenvalue weighted by Crippen LogP contribution is 2.26. The minimum atomic E-state index is -0.430. The van der Waals surface area contributed by atoms with Gasteiger partial charge in [0.15, 0.2) is 0 Å². The van der Waals surface area contributed by atoms with Crippen LogP contribution in [0.4, 0.5) is 17.1 Å². The first kappa shape index (κ1) is 13.8. The lowest BCUT2D eigenvalue weighted by Gasteiger charge is -2.23. The predicted molar refractivity (Wildman–Crippen MR) is 78.5 cm³/mol. The van der Waals surface area contributed by atoms with E-state index in [0.717, 1.165) is 17.8 Å². The van der Waals surface area contributed by atoms with E-state index in [9.17, 15) is 10.1 Å². The van der Waals surface area contributed by atoms with Gasteiger partial charge in [-0.05, 0) is 30.7 Å². The number of aromatic nitrogens is 1. The third-order valence-corrected chi connectivity index (χ3v) is 3.01. The predicted octanol–water partition coefficient (Wildman–Crippen LogP) is 2.60. The highest BCUT2D eigenvalue weighted by atomic mass is 16.6. The molecular formula is C14H16N4O2. The van der Waals surface area contributed by atoms with Crippen LogP contribution in [0.15, 0.2) is 42.7 Å². The van der Waals surface area contributed by atoms with Crippen LogP contribution in [0.25, 0.3) is 0 Å². The molecule has 1 aromatic heterocycles. The quantitative estimate of drug-likeness (QED) is 0.513. The lowest BCUT2D eigenvalue weighted by molar-refractivity contribution is -0.384. The molecule has 0 aliphatic rings. The van der Waals surface area contributed by atoms with E-state index < -0.39 is 4.92 Å². The number of nitrogen functional groups attached to an aromatic ring is 1. The molecule has 104 valence electrons. The normalized spacial score (nSPS) is 10.2. The molecule has 0 spiro atoms. The van der Waals surface area contributed by atoms with Crippen LogP contribution >= 0.6 is 0 Å². The first-order chi connectivity index (χ1) is 9.60. The van der Waals surface area contributed by atoms with Crippen LogP contribution in [-0.4, -0.2) is 16.5 Å². The van der Waals surface area contributed by atoms with Crippen molar-refractivity contribution in [3.63, 3.8) is 0 Å². The lowest BCUT2D eigenvalue weighted by Crippen LogP contribution is -2.22. The number of non-ortho nitro benzene ring substituents is 1. The van der Waals surface area contributed by atoms with Crippen molar-refractivity contribution in [2.75, 3.05) is 17.2 Å². The molecule has 0 bridgehead atoms.